The lowest BCUT2D eigenvalue weighted by molar-refractivity contribution is -0.0424. The van der Waals surface area contributed by atoms with Crippen LogP contribution in [0.1, 0.15) is 43.7 Å². The van der Waals surface area contributed by atoms with Crippen LogP contribution in [0.15, 0.2) is 24.3 Å². The lowest BCUT2D eigenvalue weighted by atomic mass is 9.71. The zero-order valence-electron chi connectivity index (χ0n) is 13.4. The number of hydrogen-bond donors (Lipinski definition) is 1. The van der Waals surface area contributed by atoms with Gasteiger partial charge in [-0.2, -0.15) is 0 Å². The predicted molar refractivity (Wildman–Crippen MR) is 84.9 cm³/mol. The second kappa shape index (κ2) is 6.28. The van der Waals surface area contributed by atoms with Crippen molar-refractivity contribution in [3.8, 4) is 0 Å². The number of nitrogens with zero attached hydrogens (tertiary/aromatic N) is 1. The summed E-state index contributed by atoms with van der Waals surface area (Å²) in [6, 6.07) is 8.52. The van der Waals surface area contributed by atoms with Crippen LogP contribution < -0.4 is 0 Å². The molecule has 0 amide bonds. The fourth-order valence-electron chi connectivity index (χ4n) is 3.82. The van der Waals surface area contributed by atoms with Gasteiger partial charge in [0.15, 0.2) is 0 Å². The maximum absolute atomic E-state index is 10.9. The smallest absolute Gasteiger partial charge is 0.0763 e. The maximum Gasteiger partial charge on any atom is 0.0763 e. The molecule has 1 N–H and O–H groups in total. The van der Waals surface area contributed by atoms with E-state index in [1.807, 2.05) is 0 Å². The van der Waals surface area contributed by atoms with Crippen molar-refractivity contribution < 1.29 is 5.11 Å². The highest BCUT2D eigenvalue weighted by atomic mass is 16.3. The van der Waals surface area contributed by atoms with Gasteiger partial charge in [-0.25, -0.2) is 0 Å². The maximum atomic E-state index is 10.9. The van der Waals surface area contributed by atoms with E-state index in [1.165, 1.54) is 24.0 Å². The van der Waals surface area contributed by atoms with E-state index in [-0.39, 0.29) is 11.6 Å². The fraction of sp³-hybridized carbons (Fsp3) is 0.667. The molecule has 1 fully saturated rings. The summed E-state index contributed by atoms with van der Waals surface area (Å²) in [5.74, 6) is 0.707. The third kappa shape index (κ3) is 3.24. The zero-order chi connectivity index (χ0) is 14.8. The van der Waals surface area contributed by atoms with Gasteiger partial charge in [0.05, 0.1) is 6.10 Å². The van der Waals surface area contributed by atoms with Gasteiger partial charge in [-0.1, -0.05) is 49.6 Å². The number of hydrogen-bond acceptors (Lipinski definition) is 2. The van der Waals surface area contributed by atoms with E-state index in [2.05, 4.69) is 57.1 Å². The quantitative estimate of drug-likeness (QED) is 0.910. The first-order chi connectivity index (χ1) is 9.44. The van der Waals surface area contributed by atoms with Crippen LogP contribution in [0.5, 0.6) is 0 Å². The minimum absolute atomic E-state index is 0.0542. The summed E-state index contributed by atoms with van der Waals surface area (Å²) >= 11 is 0. The Morgan fingerprint density at radius 2 is 2.15 bits per heavy atom. The van der Waals surface area contributed by atoms with E-state index in [9.17, 15) is 5.11 Å². The van der Waals surface area contributed by atoms with Crippen molar-refractivity contribution in [2.45, 2.75) is 57.6 Å². The average molecular weight is 275 g/mol. The van der Waals surface area contributed by atoms with Crippen LogP contribution in [0.3, 0.4) is 0 Å². The number of rotatable bonds is 4. The van der Waals surface area contributed by atoms with Crippen LogP contribution >= 0.6 is 0 Å². The van der Waals surface area contributed by atoms with E-state index in [0.717, 1.165) is 19.3 Å². The number of benzene rings is 1. The van der Waals surface area contributed by atoms with Crippen molar-refractivity contribution in [3.05, 3.63) is 35.4 Å². The summed E-state index contributed by atoms with van der Waals surface area (Å²) in [6.45, 7) is 4.43. The molecule has 0 aliphatic heterocycles. The molecule has 0 aromatic heterocycles. The monoisotopic (exact) mass is 275 g/mol. The molecule has 0 bridgehead atoms. The molecule has 0 heterocycles. The Bertz CT molecular complexity index is 443. The van der Waals surface area contributed by atoms with Gasteiger partial charge in [0.1, 0.15) is 0 Å². The predicted octanol–water partition coefficient (Wildman–Crippen LogP) is 3.41. The van der Waals surface area contributed by atoms with E-state index in [0.29, 0.717) is 5.92 Å². The number of aliphatic hydroxyl groups is 1. The molecule has 112 valence electrons. The normalized spacial score (nSPS) is 28.6. The highest BCUT2D eigenvalue weighted by Crippen LogP contribution is 2.39. The molecule has 0 radical (unpaired) electrons. The van der Waals surface area contributed by atoms with Gasteiger partial charge >= 0.3 is 0 Å². The van der Waals surface area contributed by atoms with Crippen LogP contribution in [0.2, 0.25) is 0 Å². The fourth-order valence-corrected chi connectivity index (χ4v) is 3.82. The van der Waals surface area contributed by atoms with Crippen molar-refractivity contribution >= 4 is 0 Å². The molecule has 0 saturated heterocycles. The molecule has 3 atom stereocenters. The first kappa shape index (κ1) is 15.5. The third-order valence-electron chi connectivity index (χ3n) is 5.03. The standard InChI is InChI=1S/C18H29NO/c1-14-7-5-9-16(11-14)12-17(20)18(19(3)4)10-6-8-15(2)13-18/h5,7,9,11,15,17,20H,6,8,10,12-13H2,1-4H3. The molecule has 0 spiro atoms. The molecular formula is C18H29NO. The summed E-state index contributed by atoms with van der Waals surface area (Å²) in [6.07, 6.45) is 5.20. The number of likely N-dealkylation sites (N-methyl/N-ethyl adjacent to an activating group) is 1. The largest absolute Gasteiger partial charge is 0.391 e. The summed E-state index contributed by atoms with van der Waals surface area (Å²) in [7, 11) is 4.25. The molecule has 2 nitrogen and oxygen atoms in total. The molecule has 3 unspecified atom stereocenters. The molecule has 2 heteroatoms. The zero-order valence-corrected chi connectivity index (χ0v) is 13.4. The second-order valence-corrected chi connectivity index (χ2v) is 6.91. The Hall–Kier alpha value is -0.860. The summed E-state index contributed by atoms with van der Waals surface area (Å²) in [5, 5.41) is 10.9. The average Bonchev–Trinajstić information content (AvgIpc) is 2.38. The highest BCUT2D eigenvalue weighted by Gasteiger charge is 2.42. The minimum atomic E-state index is -0.290. The van der Waals surface area contributed by atoms with Crippen LogP contribution in [0.4, 0.5) is 0 Å². The van der Waals surface area contributed by atoms with Crippen molar-refractivity contribution in [2.24, 2.45) is 5.92 Å². The van der Waals surface area contributed by atoms with Gasteiger partial charge in [-0.15, -0.1) is 0 Å². The van der Waals surface area contributed by atoms with Gasteiger partial charge in [0.2, 0.25) is 0 Å². The van der Waals surface area contributed by atoms with Crippen molar-refractivity contribution in [3.63, 3.8) is 0 Å². The minimum Gasteiger partial charge on any atom is -0.391 e. The van der Waals surface area contributed by atoms with Gasteiger partial charge in [-0.3, -0.25) is 0 Å². The Balaban J connectivity index is 2.17. The Labute approximate surface area is 123 Å². The van der Waals surface area contributed by atoms with Crippen LogP contribution in [-0.2, 0) is 6.42 Å². The second-order valence-electron chi connectivity index (χ2n) is 6.91. The summed E-state index contributed by atoms with van der Waals surface area (Å²) in [5.41, 5.74) is 2.46. The topological polar surface area (TPSA) is 23.5 Å². The van der Waals surface area contributed by atoms with Gasteiger partial charge in [0, 0.05) is 12.0 Å². The summed E-state index contributed by atoms with van der Waals surface area (Å²) in [4.78, 5) is 2.27. The van der Waals surface area contributed by atoms with Gasteiger partial charge in [-0.05, 0) is 45.3 Å². The SMILES string of the molecule is Cc1cccc(CC(O)C2(N(C)C)CCCC(C)C2)c1. The molecule has 1 saturated carbocycles. The number of aryl methyl sites for hydroxylation is 1. The number of aliphatic hydroxyl groups excluding tert-OH is 1. The van der Waals surface area contributed by atoms with Crippen LogP contribution in [0, 0.1) is 12.8 Å². The molecule has 1 aromatic carbocycles. The first-order valence-corrected chi connectivity index (χ1v) is 7.85. The van der Waals surface area contributed by atoms with Crippen LogP contribution in [0.25, 0.3) is 0 Å². The van der Waals surface area contributed by atoms with E-state index in [4.69, 9.17) is 0 Å². The van der Waals surface area contributed by atoms with Crippen molar-refractivity contribution in [1.82, 2.24) is 4.90 Å². The molecule has 1 aromatic rings. The van der Waals surface area contributed by atoms with Gasteiger partial charge < -0.3 is 10.0 Å². The third-order valence-corrected chi connectivity index (χ3v) is 5.03. The molecule has 20 heavy (non-hydrogen) atoms. The first-order valence-electron chi connectivity index (χ1n) is 7.85. The lowest BCUT2D eigenvalue weighted by Gasteiger charge is -2.48. The lowest BCUT2D eigenvalue weighted by Crippen LogP contribution is -2.56. The van der Waals surface area contributed by atoms with E-state index in [1.54, 1.807) is 0 Å². The van der Waals surface area contributed by atoms with Gasteiger partial charge in [0.25, 0.3) is 0 Å². The Morgan fingerprint density at radius 3 is 2.75 bits per heavy atom. The van der Waals surface area contributed by atoms with Crippen molar-refractivity contribution in [1.29, 1.82) is 0 Å². The molecule has 1 aliphatic rings. The summed E-state index contributed by atoms with van der Waals surface area (Å²) < 4.78 is 0. The van der Waals surface area contributed by atoms with E-state index < -0.39 is 0 Å². The van der Waals surface area contributed by atoms with Crippen LogP contribution in [-0.4, -0.2) is 35.7 Å². The Morgan fingerprint density at radius 1 is 1.40 bits per heavy atom. The highest BCUT2D eigenvalue weighted by molar-refractivity contribution is 5.23. The molecule has 1 aliphatic carbocycles. The molecular weight excluding hydrogens is 246 g/mol. The Kier molecular flexibility index (Phi) is 4.87. The van der Waals surface area contributed by atoms with E-state index >= 15 is 0 Å². The molecule has 2 rings (SSSR count). The van der Waals surface area contributed by atoms with Crippen molar-refractivity contribution in [2.75, 3.05) is 14.1 Å².